The highest BCUT2D eigenvalue weighted by Crippen LogP contribution is 2.30. The van der Waals surface area contributed by atoms with Gasteiger partial charge in [0.25, 0.3) is 5.91 Å². The Bertz CT molecular complexity index is 497. The summed E-state index contributed by atoms with van der Waals surface area (Å²) in [7, 11) is 0. The molecule has 0 atom stereocenters. The lowest BCUT2D eigenvalue weighted by Crippen LogP contribution is -2.30. The third-order valence-corrected chi connectivity index (χ3v) is 2.95. The molecule has 8 heteroatoms. The van der Waals surface area contributed by atoms with Crippen molar-refractivity contribution in [1.29, 1.82) is 0 Å². The molecule has 110 valence electrons. The van der Waals surface area contributed by atoms with Crippen LogP contribution in [0.3, 0.4) is 0 Å². The maximum atomic E-state index is 12.7. The summed E-state index contributed by atoms with van der Waals surface area (Å²) in [5.41, 5.74) is 4.15. The number of rotatable bonds is 2. The van der Waals surface area contributed by atoms with Crippen LogP contribution in [0.25, 0.3) is 0 Å². The van der Waals surface area contributed by atoms with Crippen LogP contribution < -0.4 is 10.6 Å². The summed E-state index contributed by atoms with van der Waals surface area (Å²) >= 11 is 0. The largest absolute Gasteiger partial charge is 0.433 e. The van der Waals surface area contributed by atoms with Crippen molar-refractivity contribution in [2.75, 3.05) is 31.2 Å². The van der Waals surface area contributed by atoms with E-state index in [-0.39, 0.29) is 11.4 Å². The lowest BCUT2D eigenvalue weighted by Gasteiger charge is -2.23. The number of aromatic nitrogens is 1. The molecule has 0 aromatic carbocycles. The van der Waals surface area contributed by atoms with Crippen LogP contribution in [0.2, 0.25) is 0 Å². The van der Waals surface area contributed by atoms with Gasteiger partial charge in [-0.15, -0.1) is 0 Å². The first-order valence-corrected chi connectivity index (χ1v) is 6.10. The van der Waals surface area contributed by atoms with Crippen molar-refractivity contribution in [3.63, 3.8) is 0 Å². The minimum atomic E-state index is -4.56. The van der Waals surface area contributed by atoms with Gasteiger partial charge < -0.3 is 15.4 Å². The van der Waals surface area contributed by atoms with Gasteiger partial charge in [-0.1, -0.05) is 0 Å². The normalized spacial score (nSPS) is 16.9. The molecule has 20 heavy (non-hydrogen) atoms. The molecule has 0 bridgehead atoms. The SMILES string of the molecule is NC(=O)c1ccc(C(F)(F)F)nc1N1CCCOCC1. The molecule has 1 aromatic heterocycles. The van der Waals surface area contributed by atoms with E-state index in [1.165, 1.54) is 0 Å². The van der Waals surface area contributed by atoms with Crippen molar-refractivity contribution in [3.8, 4) is 0 Å². The molecule has 1 amide bonds. The number of halogens is 3. The molecule has 5 nitrogen and oxygen atoms in total. The third kappa shape index (κ3) is 3.19. The summed E-state index contributed by atoms with van der Waals surface area (Å²) < 4.78 is 43.4. The van der Waals surface area contributed by atoms with E-state index in [2.05, 4.69) is 4.98 Å². The van der Waals surface area contributed by atoms with Crippen LogP contribution in [0.4, 0.5) is 19.0 Å². The highest BCUT2D eigenvalue weighted by Gasteiger charge is 2.34. The van der Waals surface area contributed by atoms with Crippen molar-refractivity contribution in [1.82, 2.24) is 4.98 Å². The summed E-state index contributed by atoms with van der Waals surface area (Å²) in [6.07, 6.45) is -3.91. The van der Waals surface area contributed by atoms with Crippen molar-refractivity contribution >= 4 is 11.7 Å². The smallest absolute Gasteiger partial charge is 0.380 e. The van der Waals surface area contributed by atoms with E-state index in [1.807, 2.05) is 0 Å². The maximum Gasteiger partial charge on any atom is 0.433 e. The Morgan fingerprint density at radius 3 is 2.70 bits per heavy atom. The maximum absolute atomic E-state index is 12.7. The predicted molar refractivity (Wildman–Crippen MR) is 65.4 cm³/mol. The second-order valence-electron chi connectivity index (χ2n) is 4.38. The van der Waals surface area contributed by atoms with Gasteiger partial charge in [-0.3, -0.25) is 4.79 Å². The standard InChI is InChI=1S/C12H14F3N3O2/c13-12(14,15)9-3-2-8(10(16)19)11(17-9)18-4-1-6-20-7-5-18/h2-3H,1,4-7H2,(H2,16,19). The zero-order valence-corrected chi connectivity index (χ0v) is 10.6. The molecule has 2 N–H and O–H groups in total. The van der Waals surface area contributed by atoms with Crippen LogP contribution in [0.15, 0.2) is 12.1 Å². The van der Waals surface area contributed by atoms with E-state index in [9.17, 15) is 18.0 Å². The molecule has 1 aliphatic heterocycles. The minimum absolute atomic E-state index is 0.0140. The predicted octanol–water partition coefficient (Wildman–Crippen LogP) is 1.43. The van der Waals surface area contributed by atoms with Crippen LogP contribution >= 0.6 is 0 Å². The number of primary amides is 1. The molecule has 0 unspecified atom stereocenters. The number of pyridine rings is 1. The van der Waals surface area contributed by atoms with E-state index in [1.54, 1.807) is 4.90 Å². The van der Waals surface area contributed by atoms with Gasteiger partial charge in [0.2, 0.25) is 0 Å². The first kappa shape index (κ1) is 14.6. The Kier molecular flexibility index (Phi) is 4.12. The number of carbonyl (C=O) groups excluding carboxylic acids is 1. The van der Waals surface area contributed by atoms with Gasteiger partial charge in [0.15, 0.2) is 0 Å². The van der Waals surface area contributed by atoms with E-state index in [4.69, 9.17) is 10.5 Å². The van der Waals surface area contributed by atoms with Crippen LogP contribution in [0.5, 0.6) is 0 Å². The molecule has 0 aliphatic carbocycles. The molecule has 1 fully saturated rings. The van der Waals surface area contributed by atoms with Gasteiger partial charge in [-0.25, -0.2) is 4.98 Å². The van der Waals surface area contributed by atoms with Crippen molar-refractivity contribution in [2.45, 2.75) is 12.6 Å². The molecule has 2 heterocycles. The van der Waals surface area contributed by atoms with Gasteiger partial charge in [-0.05, 0) is 18.6 Å². The molecular weight excluding hydrogens is 275 g/mol. The summed E-state index contributed by atoms with van der Waals surface area (Å²) in [4.78, 5) is 16.5. The number of amides is 1. The van der Waals surface area contributed by atoms with Crippen molar-refractivity contribution in [3.05, 3.63) is 23.4 Å². The summed E-state index contributed by atoms with van der Waals surface area (Å²) in [6, 6.07) is 1.83. The number of ether oxygens (including phenoxy) is 1. The van der Waals surface area contributed by atoms with Crippen LogP contribution in [-0.2, 0) is 10.9 Å². The van der Waals surface area contributed by atoms with Gasteiger partial charge in [0.05, 0.1) is 12.2 Å². The lowest BCUT2D eigenvalue weighted by atomic mass is 10.2. The Balaban J connectivity index is 2.43. The Morgan fingerprint density at radius 1 is 1.30 bits per heavy atom. The van der Waals surface area contributed by atoms with E-state index < -0.39 is 17.8 Å². The van der Waals surface area contributed by atoms with E-state index >= 15 is 0 Å². The first-order chi connectivity index (χ1) is 9.39. The number of hydrogen-bond donors (Lipinski definition) is 1. The number of nitrogens with zero attached hydrogens (tertiary/aromatic N) is 2. The zero-order chi connectivity index (χ0) is 14.8. The van der Waals surface area contributed by atoms with Gasteiger partial charge in [-0.2, -0.15) is 13.2 Å². The number of hydrogen-bond acceptors (Lipinski definition) is 4. The van der Waals surface area contributed by atoms with Crippen molar-refractivity contribution in [2.24, 2.45) is 5.73 Å². The minimum Gasteiger partial charge on any atom is -0.380 e. The monoisotopic (exact) mass is 289 g/mol. The fraction of sp³-hybridized carbons (Fsp3) is 0.500. The van der Waals surface area contributed by atoms with Crippen LogP contribution in [-0.4, -0.2) is 37.2 Å². The number of nitrogens with two attached hydrogens (primary N) is 1. The quantitative estimate of drug-likeness (QED) is 0.894. The Hall–Kier alpha value is -1.83. The summed E-state index contributed by atoms with van der Waals surface area (Å²) in [5.74, 6) is -0.829. The zero-order valence-electron chi connectivity index (χ0n) is 10.6. The molecule has 0 saturated carbocycles. The Morgan fingerprint density at radius 2 is 2.05 bits per heavy atom. The van der Waals surface area contributed by atoms with Gasteiger partial charge in [0.1, 0.15) is 11.5 Å². The number of alkyl halides is 3. The molecule has 0 spiro atoms. The average molecular weight is 289 g/mol. The van der Waals surface area contributed by atoms with E-state index in [0.29, 0.717) is 32.7 Å². The second-order valence-corrected chi connectivity index (χ2v) is 4.38. The van der Waals surface area contributed by atoms with E-state index in [0.717, 1.165) is 12.1 Å². The van der Waals surface area contributed by atoms with Crippen LogP contribution in [0.1, 0.15) is 22.5 Å². The van der Waals surface area contributed by atoms with Gasteiger partial charge >= 0.3 is 6.18 Å². The number of anilines is 1. The molecule has 1 saturated heterocycles. The first-order valence-electron chi connectivity index (χ1n) is 6.10. The fourth-order valence-corrected chi connectivity index (χ4v) is 2.00. The Labute approximate surface area is 113 Å². The molecule has 1 aromatic rings. The summed E-state index contributed by atoms with van der Waals surface area (Å²) in [6.45, 7) is 1.74. The lowest BCUT2D eigenvalue weighted by molar-refractivity contribution is -0.141. The molecule has 0 radical (unpaired) electrons. The molecular formula is C12H14F3N3O2. The highest BCUT2D eigenvalue weighted by atomic mass is 19.4. The van der Waals surface area contributed by atoms with Crippen molar-refractivity contribution < 1.29 is 22.7 Å². The molecule has 2 rings (SSSR count). The number of carbonyl (C=O) groups is 1. The van der Waals surface area contributed by atoms with Gasteiger partial charge in [0, 0.05) is 19.7 Å². The summed E-state index contributed by atoms with van der Waals surface area (Å²) in [5, 5.41) is 0. The highest BCUT2D eigenvalue weighted by molar-refractivity contribution is 5.97. The molecule has 1 aliphatic rings. The third-order valence-electron chi connectivity index (χ3n) is 2.95. The fourth-order valence-electron chi connectivity index (χ4n) is 2.00. The average Bonchev–Trinajstić information content (AvgIpc) is 2.65. The second kappa shape index (κ2) is 5.66. The van der Waals surface area contributed by atoms with Crippen LogP contribution in [0, 0.1) is 0 Å². The topological polar surface area (TPSA) is 68.5 Å².